The molecule has 1 aliphatic heterocycles. The summed E-state index contributed by atoms with van der Waals surface area (Å²) in [7, 11) is 3.41. The van der Waals surface area contributed by atoms with Crippen molar-refractivity contribution in [2.75, 3.05) is 13.7 Å². The van der Waals surface area contributed by atoms with Crippen LogP contribution in [0, 0.1) is 0 Å². The number of ether oxygens (including phenoxy) is 4. The zero-order valence-electron chi connectivity index (χ0n) is 13.9. The molecule has 1 heterocycles. The van der Waals surface area contributed by atoms with Crippen molar-refractivity contribution >= 4 is 15.2 Å². The van der Waals surface area contributed by atoms with Crippen LogP contribution in [0.15, 0.2) is 30.3 Å². The second kappa shape index (κ2) is 7.28. The highest BCUT2D eigenvalue weighted by Gasteiger charge is 2.24. The van der Waals surface area contributed by atoms with Crippen molar-refractivity contribution in [1.82, 2.24) is 0 Å². The van der Waals surface area contributed by atoms with Crippen LogP contribution in [0.5, 0.6) is 17.2 Å². The van der Waals surface area contributed by atoms with E-state index in [1.807, 2.05) is 28.3 Å². The Morgan fingerprint density at radius 1 is 1.24 bits per heavy atom. The van der Waals surface area contributed by atoms with Crippen LogP contribution >= 0.6 is 9.24 Å². The highest BCUT2D eigenvalue weighted by molar-refractivity contribution is 7.16. The van der Waals surface area contributed by atoms with Gasteiger partial charge in [0.2, 0.25) is 11.8 Å². The number of hydrogen-bond acceptors (Lipinski definition) is 5. The van der Waals surface area contributed by atoms with Crippen LogP contribution in [0.1, 0.15) is 22.8 Å². The molecule has 5 nitrogen and oxygen atoms in total. The fourth-order valence-electron chi connectivity index (χ4n) is 2.75. The van der Waals surface area contributed by atoms with Crippen molar-refractivity contribution in [3.63, 3.8) is 0 Å². The molecule has 7 heteroatoms. The Bertz CT molecular complexity index is 806. The highest BCUT2D eigenvalue weighted by atomic mass is 31.0. The van der Waals surface area contributed by atoms with Crippen molar-refractivity contribution in [3.05, 3.63) is 41.5 Å². The molecule has 0 spiro atoms. The van der Waals surface area contributed by atoms with E-state index in [-0.39, 0.29) is 18.3 Å². The summed E-state index contributed by atoms with van der Waals surface area (Å²) in [6.45, 7) is 2.44. The van der Waals surface area contributed by atoms with Crippen molar-refractivity contribution in [3.8, 4) is 28.4 Å². The van der Waals surface area contributed by atoms with Crippen LogP contribution in [-0.4, -0.2) is 25.8 Å². The molecule has 0 saturated carbocycles. The van der Waals surface area contributed by atoms with E-state index in [0.717, 1.165) is 11.1 Å². The summed E-state index contributed by atoms with van der Waals surface area (Å²) in [5, 5.41) is 0. The Morgan fingerprint density at radius 2 is 2.00 bits per heavy atom. The van der Waals surface area contributed by atoms with Gasteiger partial charge in [-0.05, 0) is 36.8 Å². The molecule has 2 aromatic carbocycles. The minimum absolute atomic E-state index is 0.192. The number of alkyl halides is 1. The molecule has 0 fully saturated rings. The van der Waals surface area contributed by atoms with E-state index < -0.39 is 6.10 Å². The molecule has 0 aliphatic carbocycles. The van der Waals surface area contributed by atoms with Gasteiger partial charge in [0.25, 0.3) is 0 Å². The summed E-state index contributed by atoms with van der Waals surface area (Å²) in [5.41, 5.74) is 2.88. The molecule has 2 atom stereocenters. The van der Waals surface area contributed by atoms with Gasteiger partial charge in [0.15, 0.2) is 11.5 Å². The largest absolute Gasteiger partial charge is 0.493 e. The van der Waals surface area contributed by atoms with Crippen LogP contribution in [0.25, 0.3) is 11.1 Å². The lowest BCUT2D eigenvalue weighted by molar-refractivity contribution is 0.0535. The normalized spacial score (nSPS) is 13.8. The molecule has 3 rings (SSSR count). The second-order valence-corrected chi connectivity index (χ2v) is 5.85. The van der Waals surface area contributed by atoms with Gasteiger partial charge in [-0.3, -0.25) is 0 Å². The summed E-state index contributed by atoms with van der Waals surface area (Å²) in [4.78, 5) is 11.6. The Morgan fingerprint density at radius 3 is 2.68 bits per heavy atom. The summed E-state index contributed by atoms with van der Waals surface area (Å²) < 4.78 is 34.7. The maximum atomic E-state index is 13.5. The molecule has 25 heavy (non-hydrogen) atoms. The lowest BCUT2D eigenvalue weighted by Gasteiger charge is -2.19. The third kappa shape index (κ3) is 3.40. The summed E-state index contributed by atoms with van der Waals surface area (Å²) >= 11 is 0. The fourth-order valence-corrected chi connectivity index (χ4v) is 2.88. The molecule has 0 radical (unpaired) electrons. The van der Waals surface area contributed by atoms with Gasteiger partial charge < -0.3 is 18.9 Å². The topological polar surface area (TPSA) is 54.0 Å². The maximum Gasteiger partial charge on any atom is 0.338 e. The van der Waals surface area contributed by atoms with Crippen LogP contribution in [0.2, 0.25) is 0 Å². The number of carbonyl (C=O) groups is 1. The highest BCUT2D eigenvalue weighted by Crippen LogP contribution is 2.46. The summed E-state index contributed by atoms with van der Waals surface area (Å²) in [5.74, 6) is 0.625. The number of methoxy groups -OCH3 is 1. The van der Waals surface area contributed by atoms with Crippen molar-refractivity contribution in [2.45, 2.75) is 19.6 Å². The Labute approximate surface area is 147 Å². The molecule has 0 amide bonds. The number of esters is 1. The Kier molecular flexibility index (Phi) is 5.09. The number of hydrogen-bond donors (Lipinski definition) is 0. The first kappa shape index (κ1) is 17.5. The minimum Gasteiger partial charge on any atom is -0.493 e. The molecule has 2 aromatic rings. The molecule has 132 valence electrons. The first-order valence-corrected chi connectivity index (χ1v) is 8.42. The average Bonchev–Trinajstić information content (AvgIpc) is 2.96. The van der Waals surface area contributed by atoms with Crippen molar-refractivity contribution in [2.24, 2.45) is 0 Å². The Balaban J connectivity index is 2.14. The average molecular weight is 364 g/mol. The molecule has 0 aromatic heterocycles. The fraction of sp³-hybridized carbons (Fsp3) is 0.278. The van der Waals surface area contributed by atoms with Gasteiger partial charge in [-0.15, -0.1) is 0 Å². The quantitative estimate of drug-likeness (QED) is 0.574. The van der Waals surface area contributed by atoms with Crippen LogP contribution < -0.4 is 14.2 Å². The van der Waals surface area contributed by atoms with Gasteiger partial charge in [-0.25, -0.2) is 4.79 Å². The molecule has 2 unspecified atom stereocenters. The SMILES string of the molecule is CCOc1c(-c2ccc3c(c2)COC3=O)ccc(OC)c1OC(F)P. The monoisotopic (exact) mass is 364 g/mol. The molecule has 0 saturated heterocycles. The Hall–Kier alpha value is -2.33. The van der Waals surface area contributed by atoms with E-state index in [4.69, 9.17) is 18.9 Å². The predicted octanol–water partition coefficient (Wildman–Crippen LogP) is 3.94. The van der Waals surface area contributed by atoms with E-state index in [1.54, 1.807) is 18.2 Å². The summed E-state index contributed by atoms with van der Waals surface area (Å²) in [6, 6.07) is 8.88. The zero-order valence-corrected chi connectivity index (χ0v) is 15.0. The third-order valence-electron chi connectivity index (χ3n) is 3.81. The van der Waals surface area contributed by atoms with E-state index in [0.29, 0.717) is 29.2 Å². The lowest BCUT2D eigenvalue weighted by Crippen LogP contribution is -2.06. The predicted molar refractivity (Wildman–Crippen MR) is 94.0 cm³/mol. The number of fused-ring (bicyclic) bond motifs is 1. The number of rotatable bonds is 6. The van der Waals surface area contributed by atoms with Gasteiger partial charge in [0.05, 0.1) is 19.3 Å². The molecular formula is C18H18FO5P. The zero-order chi connectivity index (χ0) is 18.0. The lowest BCUT2D eigenvalue weighted by atomic mass is 9.99. The maximum absolute atomic E-state index is 13.5. The van der Waals surface area contributed by atoms with E-state index in [1.165, 1.54) is 7.11 Å². The molecule has 0 bridgehead atoms. The molecular weight excluding hydrogens is 346 g/mol. The molecule has 0 N–H and O–H groups in total. The van der Waals surface area contributed by atoms with E-state index >= 15 is 0 Å². The number of cyclic esters (lactones) is 1. The van der Waals surface area contributed by atoms with Crippen LogP contribution in [-0.2, 0) is 11.3 Å². The number of benzene rings is 2. The van der Waals surface area contributed by atoms with E-state index in [2.05, 4.69) is 0 Å². The van der Waals surface area contributed by atoms with Crippen molar-refractivity contribution < 1.29 is 28.1 Å². The van der Waals surface area contributed by atoms with Gasteiger partial charge in [0.1, 0.15) is 6.61 Å². The van der Waals surface area contributed by atoms with Gasteiger partial charge in [-0.1, -0.05) is 15.3 Å². The smallest absolute Gasteiger partial charge is 0.338 e. The van der Waals surface area contributed by atoms with Crippen molar-refractivity contribution in [1.29, 1.82) is 0 Å². The van der Waals surface area contributed by atoms with E-state index in [9.17, 15) is 9.18 Å². The number of halogens is 1. The third-order valence-corrected chi connectivity index (χ3v) is 3.95. The van der Waals surface area contributed by atoms with Crippen LogP contribution in [0.3, 0.4) is 0 Å². The summed E-state index contributed by atoms with van der Waals surface area (Å²) in [6.07, 6.45) is -1.60. The van der Waals surface area contributed by atoms with Crippen LogP contribution in [0.4, 0.5) is 4.39 Å². The van der Waals surface area contributed by atoms with Gasteiger partial charge >= 0.3 is 5.97 Å². The number of carbonyl (C=O) groups excluding carboxylic acids is 1. The second-order valence-electron chi connectivity index (χ2n) is 5.32. The molecule has 1 aliphatic rings. The van der Waals surface area contributed by atoms with Gasteiger partial charge in [-0.2, -0.15) is 4.39 Å². The minimum atomic E-state index is -1.60. The first-order chi connectivity index (χ1) is 12.0. The standard InChI is InChI=1S/C18H18FO5P/c1-3-22-15-12(6-7-14(21-2)16(15)24-18(19)25)10-4-5-13-11(8-10)9-23-17(13)20/h4-8,18H,3,9,25H2,1-2H3. The first-order valence-electron chi connectivity index (χ1n) is 7.75. The van der Waals surface area contributed by atoms with Gasteiger partial charge in [0, 0.05) is 11.1 Å².